The van der Waals surface area contributed by atoms with E-state index >= 15 is 0 Å². The maximum absolute atomic E-state index is 11.2. The number of halogens is 1. The number of rotatable bonds is 5. The molecule has 0 atom stereocenters. The van der Waals surface area contributed by atoms with Crippen molar-refractivity contribution < 1.29 is 8.42 Å². The molecule has 0 aliphatic rings. The number of thiazole rings is 1. The van der Waals surface area contributed by atoms with Crippen LogP contribution in [0, 0.1) is 0 Å². The summed E-state index contributed by atoms with van der Waals surface area (Å²) in [5, 5.41) is 9.12. The van der Waals surface area contributed by atoms with E-state index in [9.17, 15) is 8.42 Å². The fourth-order valence-electron chi connectivity index (χ4n) is 1.52. The van der Waals surface area contributed by atoms with Gasteiger partial charge in [0.2, 0.25) is 10.0 Å². The molecule has 3 N–H and O–H groups in total. The van der Waals surface area contributed by atoms with E-state index < -0.39 is 10.0 Å². The molecule has 0 aliphatic heterocycles. The van der Waals surface area contributed by atoms with Gasteiger partial charge in [-0.15, -0.1) is 11.3 Å². The zero-order valence-electron chi connectivity index (χ0n) is 9.84. The van der Waals surface area contributed by atoms with Crippen molar-refractivity contribution in [3.63, 3.8) is 0 Å². The third-order valence-corrected chi connectivity index (χ3v) is 4.38. The molecule has 1 heterocycles. The number of nitrogens with one attached hydrogen (secondary N) is 1. The molecule has 1 aromatic carbocycles. The lowest BCUT2D eigenvalue weighted by atomic mass is 10.2. The minimum Gasteiger partial charge on any atom is -0.306 e. The van der Waals surface area contributed by atoms with Crippen LogP contribution in [0.2, 0.25) is 4.34 Å². The van der Waals surface area contributed by atoms with E-state index in [1.165, 1.54) is 17.4 Å². The Kier molecular flexibility index (Phi) is 4.54. The fourth-order valence-corrected chi connectivity index (χ4v) is 3.03. The summed E-state index contributed by atoms with van der Waals surface area (Å²) in [6.45, 7) is 1.11. The van der Waals surface area contributed by atoms with Crippen molar-refractivity contribution in [3.8, 4) is 0 Å². The van der Waals surface area contributed by atoms with E-state index in [2.05, 4.69) is 10.3 Å². The molecule has 19 heavy (non-hydrogen) atoms. The molecule has 5 nitrogen and oxygen atoms in total. The van der Waals surface area contributed by atoms with Gasteiger partial charge in [-0.2, -0.15) is 0 Å². The fraction of sp³-hybridized carbons (Fsp3) is 0.182. The average molecular weight is 318 g/mol. The number of nitrogens with zero attached hydrogens (tertiary/aromatic N) is 1. The van der Waals surface area contributed by atoms with Crippen LogP contribution in [0.3, 0.4) is 0 Å². The van der Waals surface area contributed by atoms with Crippen LogP contribution in [0.5, 0.6) is 0 Å². The normalized spacial score (nSPS) is 11.7. The number of sulfonamides is 1. The van der Waals surface area contributed by atoms with Gasteiger partial charge in [-0.1, -0.05) is 23.7 Å². The second-order valence-corrected chi connectivity index (χ2v) is 7.16. The summed E-state index contributed by atoms with van der Waals surface area (Å²) >= 11 is 7.18. The van der Waals surface area contributed by atoms with E-state index in [0.717, 1.165) is 10.6 Å². The first kappa shape index (κ1) is 14.4. The molecular formula is C11H12ClN3O2S2. The maximum atomic E-state index is 11.2. The molecular weight excluding hydrogens is 306 g/mol. The SMILES string of the molecule is NS(=O)(=O)c1cccc(CNCc2ncc(Cl)s2)c1. The van der Waals surface area contributed by atoms with Gasteiger partial charge < -0.3 is 5.32 Å². The van der Waals surface area contributed by atoms with Crippen molar-refractivity contribution in [3.05, 3.63) is 45.4 Å². The first-order valence-corrected chi connectivity index (χ1v) is 8.12. The third kappa shape index (κ3) is 4.26. The van der Waals surface area contributed by atoms with Gasteiger partial charge in [0.15, 0.2) is 0 Å². The number of hydrogen-bond donors (Lipinski definition) is 2. The Morgan fingerprint density at radius 3 is 2.79 bits per heavy atom. The van der Waals surface area contributed by atoms with Crippen molar-refractivity contribution in [2.75, 3.05) is 0 Å². The monoisotopic (exact) mass is 317 g/mol. The van der Waals surface area contributed by atoms with Crippen molar-refractivity contribution in [2.45, 2.75) is 18.0 Å². The smallest absolute Gasteiger partial charge is 0.238 e. The van der Waals surface area contributed by atoms with Crippen LogP contribution >= 0.6 is 22.9 Å². The highest BCUT2D eigenvalue weighted by molar-refractivity contribution is 7.89. The van der Waals surface area contributed by atoms with E-state index in [-0.39, 0.29) is 4.90 Å². The van der Waals surface area contributed by atoms with Gasteiger partial charge in [0, 0.05) is 13.1 Å². The molecule has 102 valence electrons. The van der Waals surface area contributed by atoms with Crippen LogP contribution in [0.15, 0.2) is 35.4 Å². The second kappa shape index (κ2) is 5.98. The number of hydrogen-bond acceptors (Lipinski definition) is 5. The van der Waals surface area contributed by atoms with Gasteiger partial charge in [0.1, 0.15) is 9.34 Å². The molecule has 0 saturated heterocycles. The second-order valence-electron chi connectivity index (χ2n) is 3.85. The lowest BCUT2D eigenvalue weighted by Gasteiger charge is -2.05. The van der Waals surface area contributed by atoms with Crippen molar-refractivity contribution >= 4 is 33.0 Å². The largest absolute Gasteiger partial charge is 0.306 e. The maximum Gasteiger partial charge on any atom is 0.238 e. The Labute approximate surface area is 120 Å². The highest BCUT2D eigenvalue weighted by Crippen LogP contribution is 2.18. The van der Waals surface area contributed by atoms with Gasteiger partial charge in [0.25, 0.3) is 0 Å². The average Bonchev–Trinajstić information content (AvgIpc) is 2.74. The predicted octanol–water partition coefficient (Wildman–Crippen LogP) is 1.73. The zero-order valence-corrected chi connectivity index (χ0v) is 12.2. The van der Waals surface area contributed by atoms with E-state index in [4.69, 9.17) is 16.7 Å². The summed E-state index contributed by atoms with van der Waals surface area (Å²) in [4.78, 5) is 4.23. The third-order valence-electron chi connectivity index (χ3n) is 2.36. The summed E-state index contributed by atoms with van der Waals surface area (Å²) in [6, 6.07) is 6.52. The number of aromatic nitrogens is 1. The van der Waals surface area contributed by atoms with Gasteiger partial charge in [0.05, 0.1) is 11.1 Å². The Hall–Kier alpha value is -0.990. The molecule has 0 bridgehead atoms. The highest BCUT2D eigenvalue weighted by Gasteiger charge is 2.07. The molecule has 8 heteroatoms. The van der Waals surface area contributed by atoms with Crippen LogP contribution in [-0.4, -0.2) is 13.4 Å². The van der Waals surface area contributed by atoms with Crippen molar-refractivity contribution in [1.29, 1.82) is 0 Å². The molecule has 0 aliphatic carbocycles. The summed E-state index contributed by atoms with van der Waals surface area (Å²) in [5.41, 5.74) is 0.842. The van der Waals surface area contributed by atoms with Gasteiger partial charge >= 0.3 is 0 Å². The van der Waals surface area contributed by atoms with Gasteiger partial charge in [-0.25, -0.2) is 18.5 Å². The number of benzene rings is 1. The lowest BCUT2D eigenvalue weighted by Crippen LogP contribution is -2.15. The first-order chi connectivity index (χ1) is 8.95. The quantitative estimate of drug-likeness (QED) is 0.879. The van der Waals surface area contributed by atoms with E-state index in [0.29, 0.717) is 17.4 Å². The van der Waals surface area contributed by atoms with Crippen LogP contribution in [-0.2, 0) is 23.1 Å². The summed E-state index contributed by atoms with van der Waals surface area (Å²) in [5.74, 6) is 0. The van der Waals surface area contributed by atoms with E-state index in [1.807, 2.05) is 6.07 Å². The topological polar surface area (TPSA) is 85.1 Å². The standard InChI is InChI=1S/C11H12ClN3O2S2/c12-10-6-15-11(18-10)7-14-5-8-2-1-3-9(4-8)19(13,16)17/h1-4,6,14H,5,7H2,(H2,13,16,17). The Balaban J connectivity index is 1.96. The predicted molar refractivity (Wildman–Crippen MR) is 75.5 cm³/mol. The van der Waals surface area contributed by atoms with Crippen molar-refractivity contribution in [1.82, 2.24) is 10.3 Å². The molecule has 0 amide bonds. The Morgan fingerprint density at radius 1 is 1.37 bits per heavy atom. The molecule has 0 spiro atoms. The molecule has 0 fully saturated rings. The Morgan fingerprint density at radius 2 is 2.16 bits per heavy atom. The van der Waals surface area contributed by atoms with Crippen LogP contribution in [0.25, 0.3) is 0 Å². The van der Waals surface area contributed by atoms with Crippen LogP contribution < -0.4 is 10.5 Å². The molecule has 2 aromatic rings. The summed E-state index contributed by atoms with van der Waals surface area (Å²) in [6.07, 6.45) is 1.60. The zero-order chi connectivity index (χ0) is 13.9. The summed E-state index contributed by atoms with van der Waals surface area (Å²) in [7, 11) is -3.65. The molecule has 2 rings (SSSR count). The Bertz CT molecular complexity index is 670. The first-order valence-electron chi connectivity index (χ1n) is 5.38. The van der Waals surface area contributed by atoms with E-state index in [1.54, 1.807) is 18.3 Å². The molecule has 0 unspecified atom stereocenters. The molecule has 0 saturated carbocycles. The highest BCUT2D eigenvalue weighted by atomic mass is 35.5. The van der Waals surface area contributed by atoms with Gasteiger partial charge in [-0.05, 0) is 17.7 Å². The molecule has 1 aromatic heterocycles. The lowest BCUT2D eigenvalue weighted by molar-refractivity contribution is 0.597. The number of nitrogens with two attached hydrogens (primary N) is 1. The minimum atomic E-state index is -3.65. The van der Waals surface area contributed by atoms with Gasteiger partial charge in [-0.3, -0.25) is 0 Å². The van der Waals surface area contributed by atoms with Crippen LogP contribution in [0.1, 0.15) is 10.6 Å². The summed E-state index contributed by atoms with van der Waals surface area (Å²) < 4.78 is 23.1. The molecule has 0 radical (unpaired) electrons. The van der Waals surface area contributed by atoms with Crippen molar-refractivity contribution in [2.24, 2.45) is 5.14 Å². The van der Waals surface area contributed by atoms with Crippen LogP contribution in [0.4, 0.5) is 0 Å². The number of primary sulfonamides is 1. The minimum absolute atomic E-state index is 0.115.